The van der Waals surface area contributed by atoms with E-state index < -0.39 is 16.7 Å². The van der Waals surface area contributed by atoms with Crippen LogP contribution in [0.3, 0.4) is 0 Å². The lowest BCUT2D eigenvalue weighted by Gasteiger charge is -2.07. The van der Waals surface area contributed by atoms with Crippen LogP contribution in [0.1, 0.15) is 10.4 Å². The Morgan fingerprint density at radius 3 is 2.68 bits per heavy atom. The minimum absolute atomic E-state index is 0.00752. The number of benzene rings is 1. The van der Waals surface area contributed by atoms with Crippen molar-refractivity contribution < 1.29 is 14.5 Å². The van der Waals surface area contributed by atoms with E-state index in [0.717, 1.165) is 4.88 Å². The Morgan fingerprint density at radius 2 is 2.05 bits per heavy atom. The number of amides is 2. The third kappa shape index (κ3) is 3.89. The van der Waals surface area contributed by atoms with Gasteiger partial charge in [-0.3, -0.25) is 19.7 Å². The molecular weight excluding hydrogens is 306 g/mol. The van der Waals surface area contributed by atoms with Crippen molar-refractivity contribution in [2.45, 2.75) is 13.5 Å². The van der Waals surface area contributed by atoms with Gasteiger partial charge in [0.1, 0.15) is 5.69 Å². The minimum atomic E-state index is -0.941. The second kappa shape index (κ2) is 6.81. The molecular formula is C14H13N3O4S. The van der Waals surface area contributed by atoms with E-state index >= 15 is 0 Å². The average Bonchev–Trinajstić information content (AvgIpc) is 2.99. The van der Waals surface area contributed by atoms with Crippen molar-refractivity contribution in [1.29, 1.82) is 0 Å². The molecule has 1 aromatic carbocycles. The summed E-state index contributed by atoms with van der Waals surface area (Å²) in [7, 11) is 0. The number of anilines is 1. The number of rotatable bonds is 4. The van der Waals surface area contributed by atoms with Crippen molar-refractivity contribution >= 4 is 34.5 Å². The molecule has 8 heteroatoms. The molecule has 0 saturated heterocycles. The van der Waals surface area contributed by atoms with Crippen molar-refractivity contribution in [3.8, 4) is 0 Å². The van der Waals surface area contributed by atoms with Crippen LogP contribution in [-0.4, -0.2) is 16.7 Å². The van der Waals surface area contributed by atoms with Gasteiger partial charge in [-0.2, -0.15) is 0 Å². The third-order valence-electron chi connectivity index (χ3n) is 2.81. The smallest absolute Gasteiger partial charge is 0.313 e. The SMILES string of the molecule is Cc1ccc(NC(=O)C(=O)NCc2cccs2)c([N+](=O)[O-])c1. The number of nitro groups is 1. The molecule has 0 aliphatic heterocycles. The van der Waals surface area contributed by atoms with Gasteiger partial charge in [0.2, 0.25) is 0 Å². The first kappa shape index (κ1) is 15.6. The third-order valence-corrected chi connectivity index (χ3v) is 3.68. The number of carbonyl (C=O) groups is 2. The summed E-state index contributed by atoms with van der Waals surface area (Å²) in [4.78, 5) is 34.8. The normalized spacial score (nSPS) is 10.0. The first-order valence-electron chi connectivity index (χ1n) is 6.34. The summed E-state index contributed by atoms with van der Waals surface area (Å²) in [6, 6.07) is 8.01. The predicted octanol–water partition coefficient (Wildman–Crippen LogP) is 2.22. The second-order valence-corrected chi connectivity index (χ2v) is 5.53. The van der Waals surface area contributed by atoms with E-state index in [0.29, 0.717) is 5.56 Å². The van der Waals surface area contributed by atoms with E-state index in [1.54, 1.807) is 13.0 Å². The Morgan fingerprint density at radius 1 is 1.27 bits per heavy atom. The van der Waals surface area contributed by atoms with Crippen LogP contribution in [0.2, 0.25) is 0 Å². The fraction of sp³-hybridized carbons (Fsp3) is 0.143. The van der Waals surface area contributed by atoms with Crippen molar-refractivity contribution in [1.82, 2.24) is 5.32 Å². The number of nitrogens with zero attached hydrogens (tertiary/aromatic N) is 1. The standard InChI is InChI=1S/C14H13N3O4S/c1-9-4-5-11(12(7-9)17(20)21)16-14(19)13(18)15-8-10-3-2-6-22-10/h2-7H,8H2,1H3,(H,15,18)(H,16,19). The summed E-state index contributed by atoms with van der Waals surface area (Å²) in [5.74, 6) is -1.79. The molecule has 1 heterocycles. The van der Waals surface area contributed by atoms with Crippen LogP contribution in [0.25, 0.3) is 0 Å². The summed E-state index contributed by atoms with van der Waals surface area (Å²) >= 11 is 1.45. The van der Waals surface area contributed by atoms with Gasteiger partial charge in [0.15, 0.2) is 0 Å². The van der Waals surface area contributed by atoms with E-state index in [4.69, 9.17) is 0 Å². The van der Waals surface area contributed by atoms with E-state index in [1.807, 2.05) is 17.5 Å². The lowest BCUT2D eigenvalue weighted by Crippen LogP contribution is -2.34. The molecule has 0 saturated carbocycles. The number of hydrogen-bond acceptors (Lipinski definition) is 5. The Kier molecular flexibility index (Phi) is 4.84. The van der Waals surface area contributed by atoms with E-state index in [2.05, 4.69) is 10.6 Å². The maximum Gasteiger partial charge on any atom is 0.313 e. The van der Waals surface area contributed by atoms with Crippen molar-refractivity contribution in [2.75, 3.05) is 5.32 Å². The van der Waals surface area contributed by atoms with Gasteiger partial charge in [-0.05, 0) is 30.0 Å². The van der Waals surface area contributed by atoms with Gasteiger partial charge in [-0.25, -0.2) is 0 Å². The topological polar surface area (TPSA) is 101 Å². The molecule has 114 valence electrons. The summed E-state index contributed by atoms with van der Waals surface area (Å²) in [6.45, 7) is 1.94. The molecule has 2 amide bonds. The largest absolute Gasteiger partial charge is 0.343 e. The van der Waals surface area contributed by atoms with Gasteiger partial charge >= 0.3 is 11.8 Å². The molecule has 0 aliphatic carbocycles. The van der Waals surface area contributed by atoms with Crippen molar-refractivity contribution in [3.05, 3.63) is 56.3 Å². The van der Waals surface area contributed by atoms with Crippen LogP contribution in [0.4, 0.5) is 11.4 Å². The quantitative estimate of drug-likeness (QED) is 0.512. The van der Waals surface area contributed by atoms with Gasteiger partial charge in [0.05, 0.1) is 11.5 Å². The van der Waals surface area contributed by atoms with Gasteiger partial charge < -0.3 is 10.6 Å². The summed E-state index contributed by atoms with van der Waals surface area (Å²) in [5.41, 5.74) is 0.429. The molecule has 0 aliphatic rings. The van der Waals surface area contributed by atoms with Crippen LogP contribution in [0.15, 0.2) is 35.7 Å². The van der Waals surface area contributed by atoms with Gasteiger partial charge in [0, 0.05) is 10.9 Å². The highest BCUT2D eigenvalue weighted by molar-refractivity contribution is 7.09. The Balaban J connectivity index is 2.02. The molecule has 2 aromatic rings. The molecule has 2 N–H and O–H groups in total. The van der Waals surface area contributed by atoms with Crippen molar-refractivity contribution in [2.24, 2.45) is 0 Å². The zero-order valence-corrected chi connectivity index (χ0v) is 12.5. The van der Waals surface area contributed by atoms with Gasteiger partial charge in [-0.15, -0.1) is 11.3 Å². The molecule has 0 fully saturated rings. The van der Waals surface area contributed by atoms with Crippen LogP contribution < -0.4 is 10.6 Å². The molecule has 0 bridgehead atoms. The van der Waals surface area contributed by atoms with E-state index in [1.165, 1.54) is 23.5 Å². The number of nitrogens with one attached hydrogen (secondary N) is 2. The maximum absolute atomic E-state index is 11.8. The van der Waals surface area contributed by atoms with Crippen LogP contribution in [0.5, 0.6) is 0 Å². The number of thiophene rings is 1. The highest BCUT2D eigenvalue weighted by atomic mass is 32.1. The lowest BCUT2D eigenvalue weighted by molar-refractivity contribution is -0.384. The van der Waals surface area contributed by atoms with Gasteiger partial charge in [0.25, 0.3) is 5.69 Å². The van der Waals surface area contributed by atoms with Crippen LogP contribution >= 0.6 is 11.3 Å². The highest BCUT2D eigenvalue weighted by Crippen LogP contribution is 2.25. The highest BCUT2D eigenvalue weighted by Gasteiger charge is 2.19. The first-order chi connectivity index (χ1) is 10.5. The van der Waals surface area contributed by atoms with Gasteiger partial charge in [-0.1, -0.05) is 12.1 Å². The monoisotopic (exact) mass is 319 g/mol. The number of carbonyl (C=O) groups excluding carboxylic acids is 2. The van der Waals surface area contributed by atoms with Crippen molar-refractivity contribution in [3.63, 3.8) is 0 Å². The Labute approximate surface area is 130 Å². The second-order valence-electron chi connectivity index (χ2n) is 4.49. The van der Waals surface area contributed by atoms with Crippen LogP contribution in [0, 0.1) is 17.0 Å². The molecule has 0 atom stereocenters. The summed E-state index contributed by atoms with van der Waals surface area (Å²) < 4.78 is 0. The minimum Gasteiger partial charge on any atom is -0.343 e. The molecule has 22 heavy (non-hydrogen) atoms. The first-order valence-corrected chi connectivity index (χ1v) is 7.22. The zero-order chi connectivity index (χ0) is 16.1. The summed E-state index contributed by atoms with van der Waals surface area (Å²) in [6.07, 6.45) is 0. The number of nitro benzene ring substituents is 1. The molecule has 0 spiro atoms. The molecule has 0 radical (unpaired) electrons. The van der Waals surface area contributed by atoms with E-state index in [9.17, 15) is 19.7 Å². The molecule has 0 unspecified atom stereocenters. The Hall–Kier alpha value is -2.74. The lowest BCUT2D eigenvalue weighted by atomic mass is 10.2. The molecule has 2 rings (SSSR count). The van der Waals surface area contributed by atoms with Crippen LogP contribution in [-0.2, 0) is 16.1 Å². The fourth-order valence-electron chi connectivity index (χ4n) is 1.74. The number of hydrogen-bond donors (Lipinski definition) is 2. The average molecular weight is 319 g/mol. The summed E-state index contributed by atoms with van der Waals surface area (Å²) in [5, 5.41) is 17.5. The fourth-order valence-corrected chi connectivity index (χ4v) is 2.38. The van der Waals surface area contributed by atoms with E-state index in [-0.39, 0.29) is 17.9 Å². The zero-order valence-electron chi connectivity index (χ0n) is 11.7. The number of aryl methyl sites for hydroxylation is 1. The predicted molar refractivity (Wildman–Crippen MR) is 82.6 cm³/mol. The molecule has 1 aromatic heterocycles. The maximum atomic E-state index is 11.8. The Bertz CT molecular complexity index is 713. The molecule has 7 nitrogen and oxygen atoms in total.